The summed E-state index contributed by atoms with van der Waals surface area (Å²) in [7, 11) is 0. The minimum absolute atomic E-state index is 0.562. The van der Waals surface area contributed by atoms with Crippen LogP contribution in [-0.4, -0.2) is 19.6 Å². The third kappa shape index (κ3) is 2.28. The predicted octanol–water partition coefficient (Wildman–Crippen LogP) is 4.57. The summed E-state index contributed by atoms with van der Waals surface area (Å²) < 4.78 is 1.84. The van der Waals surface area contributed by atoms with Gasteiger partial charge in [0.15, 0.2) is 0 Å². The van der Waals surface area contributed by atoms with Crippen LogP contribution in [0.5, 0.6) is 0 Å². The van der Waals surface area contributed by atoms with Crippen LogP contribution in [0.25, 0.3) is 16.8 Å². The fraction of sp³-hybridized carbons (Fsp3) is 0.0667. The molecule has 7 heteroatoms. The van der Waals surface area contributed by atoms with Gasteiger partial charge in [0.25, 0.3) is 5.78 Å². The third-order valence-corrected chi connectivity index (χ3v) is 3.78. The second kappa shape index (κ2) is 4.90. The van der Waals surface area contributed by atoms with Crippen molar-refractivity contribution in [3.05, 3.63) is 52.0 Å². The van der Waals surface area contributed by atoms with E-state index in [1.165, 1.54) is 5.56 Å². The van der Waals surface area contributed by atoms with Crippen molar-refractivity contribution >= 4 is 51.6 Å². The maximum Gasteiger partial charge on any atom is 0.253 e. The molecule has 0 amide bonds. The molecular formula is C15H11Cl2N5. The standard InChI is InChI=1S/C15H11Cl2N5/c1-8-2-3-13-12(4-8)19-15-20-14(21-22(13)15)18-11-6-9(16)5-10(17)7-11/h2-7H,1H3,(H2,18,19,20,21). The highest BCUT2D eigenvalue weighted by atomic mass is 35.5. The zero-order chi connectivity index (χ0) is 15.3. The summed E-state index contributed by atoms with van der Waals surface area (Å²) in [6.07, 6.45) is 0. The molecule has 0 aliphatic heterocycles. The number of aromatic nitrogens is 4. The second-order valence-corrected chi connectivity index (χ2v) is 5.97. The van der Waals surface area contributed by atoms with Gasteiger partial charge in [0.2, 0.25) is 5.95 Å². The van der Waals surface area contributed by atoms with Crippen LogP contribution in [-0.2, 0) is 0 Å². The van der Waals surface area contributed by atoms with Crippen LogP contribution in [0.4, 0.5) is 11.6 Å². The van der Waals surface area contributed by atoms with Crippen LogP contribution >= 0.6 is 23.2 Å². The van der Waals surface area contributed by atoms with E-state index in [1.54, 1.807) is 18.2 Å². The molecule has 4 aromatic rings. The van der Waals surface area contributed by atoms with Crippen molar-refractivity contribution in [2.45, 2.75) is 6.92 Å². The molecule has 2 N–H and O–H groups in total. The Morgan fingerprint density at radius 1 is 1.05 bits per heavy atom. The smallest absolute Gasteiger partial charge is 0.253 e. The predicted molar refractivity (Wildman–Crippen MR) is 89.3 cm³/mol. The first-order chi connectivity index (χ1) is 10.6. The Balaban J connectivity index is 1.76. The van der Waals surface area contributed by atoms with E-state index in [-0.39, 0.29) is 0 Å². The van der Waals surface area contributed by atoms with Crippen molar-refractivity contribution < 1.29 is 0 Å². The number of hydrogen-bond acceptors (Lipinski definition) is 3. The van der Waals surface area contributed by atoms with Gasteiger partial charge in [-0.2, -0.15) is 4.98 Å². The minimum atomic E-state index is 0.562. The molecule has 0 radical (unpaired) electrons. The second-order valence-electron chi connectivity index (χ2n) is 5.09. The SMILES string of the molecule is Cc1ccc2c(c1)nc1nc(Nc3cc(Cl)cc(Cl)c3)[nH]n12. The van der Waals surface area contributed by atoms with E-state index in [4.69, 9.17) is 23.2 Å². The molecule has 0 unspecified atom stereocenters. The van der Waals surface area contributed by atoms with Crippen molar-refractivity contribution in [1.29, 1.82) is 0 Å². The highest BCUT2D eigenvalue weighted by Gasteiger charge is 2.10. The molecule has 0 saturated carbocycles. The van der Waals surface area contributed by atoms with Gasteiger partial charge < -0.3 is 5.32 Å². The molecule has 22 heavy (non-hydrogen) atoms. The van der Waals surface area contributed by atoms with Gasteiger partial charge >= 0.3 is 0 Å². The molecule has 2 heterocycles. The van der Waals surface area contributed by atoms with Crippen LogP contribution in [0, 0.1) is 6.92 Å². The largest absolute Gasteiger partial charge is 0.324 e. The van der Waals surface area contributed by atoms with Gasteiger partial charge in [-0.05, 0) is 42.8 Å². The summed E-state index contributed by atoms with van der Waals surface area (Å²) in [6.45, 7) is 2.04. The van der Waals surface area contributed by atoms with E-state index in [1.807, 2.05) is 29.6 Å². The first kappa shape index (κ1) is 13.4. The molecule has 5 nitrogen and oxygen atoms in total. The molecule has 0 spiro atoms. The van der Waals surface area contributed by atoms with Gasteiger partial charge in [-0.3, -0.25) is 5.10 Å². The van der Waals surface area contributed by atoms with Gasteiger partial charge in [0.05, 0.1) is 11.0 Å². The average Bonchev–Trinajstić information content (AvgIpc) is 2.93. The normalized spacial score (nSPS) is 11.4. The summed E-state index contributed by atoms with van der Waals surface area (Å²) in [5.41, 5.74) is 3.82. The molecule has 0 atom stereocenters. The number of fused-ring (bicyclic) bond motifs is 3. The number of imidazole rings is 1. The van der Waals surface area contributed by atoms with Gasteiger partial charge in [-0.25, -0.2) is 9.50 Å². The van der Waals surface area contributed by atoms with Crippen LogP contribution in [0.1, 0.15) is 5.56 Å². The van der Waals surface area contributed by atoms with E-state index in [9.17, 15) is 0 Å². The Hall–Kier alpha value is -2.24. The van der Waals surface area contributed by atoms with Crippen molar-refractivity contribution in [3.8, 4) is 0 Å². The zero-order valence-corrected chi connectivity index (χ0v) is 13.1. The molecule has 0 saturated heterocycles. The average molecular weight is 332 g/mol. The van der Waals surface area contributed by atoms with Crippen molar-refractivity contribution in [2.75, 3.05) is 5.32 Å². The number of rotatable bonds is 2. The maximum atomic E-state index is 5.99. The molecule has 4 rings (SSSR count). The van der Waals surface area contributed by atoms with Gasteiger partial charge in [0.1, 0.15) is 0 Å². The summed E-state index contributed by atoms with van der Waals surface area (Å²) in [5.74, 6) is 1.18. The number of nitrogens with zero attached hydrogens (tertiary/aromatic N) is 3. The Labute approximate surface area is 135 Å². The lowest BCUT2D eigenvalue weighted by Gasteiger charge is -2.03. The number of benzene rings is 2. The van der Waals surface area contributed by atoms with E-state index < -0.39 is 0 Å². The maximum absolute atomic E-state index is 5.99. The summed E-state index contributed by atoms with van der Waals surface area (Å²) in [6, 6.07) is 11.3. The molecule has 0 aliphatic carbocycles. The summed E-state index contributed by atoms with van der Waals surface area (Å²) >= 11 is 12.0. The van der Waals surface area contributed by atoms with Crippen molar-refractivity contribution in [2.24, 2.45) is 0 Å². The third-order valence-electron chi connectivity index (χ3n) is 3.35. The first-order valence-corrected chi connectivity index (χ1v) is 7.42. The number of H-pyrrole nitrogens is 1. The van der Waals surface area contributed by atoms with Gasteiger partial charge in [-0.15, -0.1) is 0 Å². The number of aromatic amines is 1. The molecule has 2 aromatic carbocycles. The Bertz CT molecular complexity index is 982. The Morgan fingerprint density at radius 2 is 1.82 bits per heavy atom. The highest BCUT2D eigenvalue weighted by Crippen LogP contribution is 2.25. The summed E-state index contributed by atoms with van der Waals surface area (Å²) in [4.78, 5) is 8.94. The Morgan fingerprint density at radius 3 is 2.59 bits per heavy atom. The highest BCUT2D eigenvalue weighted by molar-refractivity contribution is 6.35. The lowest BCUT2D eigenvalue weighted by molar-refractivity contribution is 1.01. The van der Waals surface area contributed by atoms with Crippen LogP contribution < -0.4 is 5.32 Å². The van der Waals surface area contributed by atoms with Gasteiger partial charge in [0, 0.05) is 15.7 Å². The Kier molecular flexibility index (Phi) is 2.99. The molecular weight excluding hydrogens is 321 g/mol. The molecule has 0 fully saturated rings. The fourth-order valence-electron chi connectivity index (χ4n) is 2.41. The number of hydrogen-bond donors (Lipinski definition) is 2. The van der Waals surface area contributed by atoms with E-state index in [0.29, 0.717) is 21.8 Å². The van der Waals surface area contributed by atoms with E-state index >= 15 is 0 Å². The number of aryl methyl sites for hydroxylation is 1. The van der Waals surface area contributed by atoms with Crippen molar-refractivity contribution in [1.82, 2.24) is 19.6 Å². The van der Waals surface area contributed by atoms with Crippen LogP contribution in [0.3, 0.4) is 0 Å². The zero-order valence-electron chi connectivity index (χ0n) is 11.6. The van der Waals surface area contributed by atoms with E-state index in [2.05, 4.69) is 20.4 Å². The molecule has 0 aliphatic rings. The lowest BCUT2D eigenvalue weighted by Crippen LogP contribution is -1.93. The lowest BCUT2D eigenvalue weighted by atomic mass is 10.2. The molecule has 2 aromatic heterocycles. The van der Waals surface area contributed by atoms with Gasteiger partial charge in [-0.1, -0.05) is 29.3 Å². The first-order valence-electron chi connectivity index (χ1n) is 6.66. The molecule has 0 bridgehead atoms. The van der Waals surface area contributed by atoms with Crippen LogP contribution in [0.2, 0.25) is 10.0 Å². The number of halogens is 2. The molecule has 110 valence electrons. The summed E-state index contributed by atoms with van der Waals surface area (Å²) in [5, 5.41) is 7.44. The fourth-order valence-corrected chi connectivity index (χ4v) is 2.94. The minimum Gasteiger partial charge on any atom is -0.324 e. The van der Waals surface area contributed by atoms with Crippen LogP contribution in [0.15, 0.2) is 36.4 Å². The monoisotopic (exact) mass is 331 g/mol. The van der Waals surface area contributed by atoms with E-state index in [0.717, 1.165) is 16.7 Å². The quantitative estimate of drug-likeness (QED) is 0.565. The number of nitrogens with one attached hydrogen (secondary N) is 2. The number of anilines is 2. The van der Waals surface area contributed by atoms with Crippen molar-refractivity contribution in [3.63, 3.8) is 0 Å². The topological polar surface area (TPSA) is 58.0 Å².